The Morgan fingerprint density at radius 3 is 2.62 bits per heavy atom. The molecule has 1 rings (SSSR count). The van der Waals surface area contributed by atoms with Gasteiger partial charge >= 0.3 is 6.09 Å². The van der Waals surface area contributed by atoms with Crippen molar-refractivity contribution in [1.82, 2.24) is 5.32 Å². The topological polar surface area (TPSA) is 93.8 Å². The smallest absolute Gasteiger partial charge is 0.407 e. The summed E-state index contributed by atoms with van der Waals surface area (Å²) < 4.78 is 22.3. The van der Waals surface area contributed by atoms with E-state index in [-0.39, 0.29) is 0 Å². The lowest BCUT2D eigenvalue weighted by Gasteiger charge is -2.19. The normalized spacial score (nSPS) is 13.9. The number of benzene rings is 1. The monoisotopic (exact) mass is 355 g/mol. The Morgan fingerprint density at radius 1 is 1.38 bits per heavy atom. The third kappa shape index (κ3) is 6.78. The number of nitrogens with one attached hydrogen (secondary N) is 1. The number of hydrogen-bond acceptors (Lipinski definition) is 5. The van der Waals surface area contributed by atoms with E-state index in [1.807, 2.05) is 33.8 Å². The second-order valence-electron chi connectivity index (χ2n) is 6.66. The van der Waals surface area contributed by atoms with Crippen LogP contribution in [-0.4, -0.2) is 35.2 Å². The number of anilines is 1. The molecule has 0 fully saturated rings. The summed E-state index contributed by atoms with van der Waals surface area (Å²) >= 11 is 0. The molecule has 6 nitrogen and oxygen atoms in total. The van der Waals surface area contributed by atoms with Crippen LogP contribution in [0.15, 0.2) is 27.5 Å². The van der Waals surface area contributed by atoms with Gasteiger partial charge in [0, 0.05) is 18.5 Å². The maximum atomic E-state index is 12.8. The first-order chi connectivity index (χ1) is 11.0. The van der Waals surface area contributed by atoms with Gasteiger partial charge in [0.2, 0.25) is 0 Å². The number of alkyl carbamates (subject to hydrolysis) is 1. The molecule has 3 N–H and O–H groups in total. The van der Waals surface area contributed by atoms with Crippen LogP contribution in [0.4, 0.5) is 10.5 Å². The maximum Gasteiger partial charge on any atom is 0.407 e. The highest BCUT2D eigenvalue weighted by Crippen LogP contribution is 2.21. The Bertz CT molecular complexity index is 687. The summed E-state index contributed by atoms with van der Waals surface area (Å²) in [7, 11) is -2.47. The predicted molar refractivity (Wildman–Crippen MR) is 98.7 cm³/mol. The van der Waals surface area contributed by atoms with Crippen LogP contribution in [0, 0.1) is 0 Å². The number of rotatable bonds is 6. The summed E-state index contributed by atoms with van der Waals surface area (Å²) in [5.41, 5.74) is 6.88. The van der Waals surface area contributed by atoms with E-state index in [1.165, 1.54) is 0 Å². The van der Waals surface area contributed by atoms with Gasteiger partial charge in [0.05, 0.1) is 21.2 Å². The Hall–Kier alpha value is -1.76. The molecule has 1 atom stereocenters. The lowest BCUT2D eigenvalue weighted by Crippen LogP contribution is -2.33. The zero-order chi connectivity index (χ0) is 18.4. The Labute approximate surface area is 145 Å². The van der Waals surface area contributed by atoms with E-state index < -0.39 is 21.4 Å². The molecule has 0 saturated heterocycles. The number of amides is 1. The zero-order valence-corrected chi connectivity index (χ0v) is 16.0. The van der Waals surface area contributed by atoms with Crippen LogP contribution < -0.4 is 11.1 Å². The standard InChI is InChI=1S/C17H29N3O3S/c1-6-13-12-14(18)8-9-15(13)24(5,22)20-11-7-10-19-16(21)23-17(2,3)4/h8-9,12H,6-7,10-11,18H2,1-5H3,(H,19,21). The fourth-order valence-electron chi connectivity index (χ4n) is 2.14. The van der Waals surface area contributed by atoms with E-state index in [9.17, 15) is 9.00 Å². The van der Waals surface area contributed by atoms with E-state index in [2.05, 4.69) is 9.68 Å². The fourth-order valence-corrected chi connectivity index (χ4v) is 3.76. The second kappa shape index (κ2) is 8.37. The van der Waals surface area contributed by atoms with E-state index >= 15 is 0 Å². The molecule has 0 aliphatic carbocycles. The summed E-state index contributed by atoms with van der Waals surface area (Å²) in [4.78, 5) is 12.3. The molecule has 0 aromatic heterocycles. The van der Waals surface area contributed by atoms with Gasteiger partial charge in [-0.2, -0.15) is 0 Å². The molecule has 0 aliphatic heterocycles. The van der Waals surface area contributed by atoms with E-state index in [0.717, 1.165) is 16.9 Å². The molecule has 0 saturated carbocycles. The van der Waals surface area contributed by atoms with Gasteiger partial charge in [0.15, 0.2) is 0 Å². The lowest BCUT2D eigenvalue weighted by molar-refractivity contribution is 0.0527. The molecule has 1 aromatic carbocycles. The quantitative estimate of drug-likeness (QED) is 0.605. The Kier molecular flexibility index (Phi) is 7.08. The average molecular weight is 356 g/mol. The molecule has 0 radical (unpaired) electrons. The number of nitrogen functional groups attached to an aromatic ring is 1. The summed E-state index contributed by atoms with van der Waals surface area (Å²) in [5, 5.41) is 2.66. The minimum atomic E-state index is -2.47. The van der Waals surface area contributed by atoms with Gasteiger partial charge in [-0.05, 0) is 57.4 Å². The maximum absolute atomic E-state index is 12.8. The van der Waals surface area contributed by atoms with E-state index in [0.29, 0.717) is 25.2 Å². The van der Waals surface area contributed by atoms with Crippen LogP contribution in [0.5, 0.6) is 0 Å². The average Bonchev–Trinajstić information content (AvgIpc) is 2.44. The van der Waals surface area contributed by atoms with Crippen molar-refractivity contribution in [1.29, 1.82) is 0 Å². The second-order valence-corrected chi connectivity index (χ2v) is 8.96. The predicted octanol–water partition coefficient (Wildman–Crippen LogP) is 3.20. The molecule has 0 aliphatic rings. The van der Waals surface area contributed by atoms with Crippen molar-refractivity contribution < 1.29 is 13.7 Å². The van der Waals surface area contributed by atoms with Crippen LogP contribution >= 0.6 is 0 Å². The first-order valence-corrected chi connectivity index (χ1v) is 10.0. The van der Waals surface area contributed by atoms with Crippen molar-refractivity contribution in [3.63, 3.8) is 0 Å². The van der Waals surface area contributed by atoms with Crippen LogP contribution in [0.2, 0.25) is 0 Å². The van der Waals surface area contributed by atoms with Crippen LogP contribution in [0.1, 0.15) is 39.7 Å². The van der Waals surface area contributed by atoms with E-state index in [4.69, 9.17) is 10.5 Å². The first-order valence-electron chi connectivity index (χ1n) is 8.08. The summed E-state index contributed by atoms with van der Waals surface area (Å²) in [6.45, 7) is 8.26. The van der Waals surface area contributed by atoms with Gasteiger partial charge < -0.3 is 15.8 Å². The van der Waals surface area contributed by atoms with Gasteiger partial charge in [0.25, 0.3) is 0 Å². The van der Waals surface area contributed by atoms with Gasteiger partial charge in [-0.3, -0.25) is 0 Å². The lowest BCUT2D eigenvalue weighted by atomic mass is 10.1. The molecular formula is C17H29N3O3S. The van der Waals surface area contributed by atoms with E-state index in [1.54, 1.807) is 18.4 Å². The van der Waals surface area contributed by atoms with Crippen LogP contribution in [0.3, 0.4) is 0 Å². The number of carbonyl (C=O) groups is 1. The molecule has 1 amide bonds. The molecular weight excluding hydrogens is 326 g/mol. The third-order valence-electron chi connectivity index (χ3n) is 3.21. The van der Waals surface area contributed by atoms with Crippen molar-refractivity contribution in [2.45, 2.75) is 51.0 Å². The number of nitrogens with zero attached hydrogens (tertiary/aromatic N) is 1. The molecule has 136 valence electrons. The Morgan fingerprint density at radius 2 is 2.04 bits per heavy atom. The van der Waals surface area contributed by atoms with Crippen molar-refractivity contribution in [3.05, 3.63) is 23.8 Å². The minimum absolute atomic E-state index is 0.401. The summed E-state index contributed by atoms with van der Waals surface area (Å²) in [6, 6.07) is 5.38. The van der Waals surface area contributed by atoms with Gasteiger partial charge in [0.1, 0.15) is 5.60 Å². The molecule has 0 spiro atoms. The van der Waals surface area contributed by atoms with Crippen molar-refractivity contribution in [3.8, 4) is 0 Å². The summed E-state index contributed by atoms with van der Waals surface area (Å²) in [5.74, 6) is 0. The molecule has 0 heterocycles. The zero-order valence-electron chi connectivity index (χ0n) is 15.2. The van der Waals surface area contributed by atoms with Gasteiger partial charge in [-0.1, -0.05) is 6.92 Å². The van der Waals surface area contributed by atoms with Crippen LogP contribution in [0.25, 0.3) is 0 Å². The first kappa shape index (κ1) is 20.3. The highest BCUT2D eigenvalue weighted by atomic mass is 32.2. The number of aryl methyl sites for hydroxylation is 1. The summed E-state index contributed by atoms with van der Waals surface area (Å²) in [6.07, 6.45) is 2.53. The molecule has 24 heavy (non-hydrogen) atoms. The van der Waals surface area contributed by atoms with Crippen molar-refractivity contribution in [2.75, 3.05) is 25.1 Å². The van der Waals surface area contributed by atoms with Crippen LogP contribution in [-0.2, 0) is 20.9 Å². The number of nitrogens with two attached hydrogens (primary N) is 1. The van der Waals surface area contributed by atoms with Crippen molar-refractivity contribution >= 4 is 21.5 Å². The highest BCUT2D eigenvalue weighted by molar-refractivity contribution is 7.93. The van der Waals surface area contributed by atoms with Crippen molar-refractivity contribution in [2.24, 2.45) is 4.36 Å². The molecule has 1 unspecified atom stereocenters. The van der Waals surface area contributed by atoms with Gasteiger partial charge in [-0.25, -0.2) is 13.4 Å². The van der Waals surface area contributed by atoms with Gasteiger partial charge in [-0.15, -0.1) is 0 Å². The Balaban J connectivity index is 2.61. The SMILES string of the molecule is CCc1cc(N)ccc1S(C)(=O)=NCCCNC(=O)OC(C)(C)C. The highest BCUT2D eigenvalue weighted by Gasteiger charge is 2.15. The number of carbonyl (C=O) groups excluding carboxylic acids is 1. The molecule has 7 heteroatoms. The molecule has 0 bridgehead atoms. The number of ether oxygens (including phenoxy) is 1. The fraction of sp³-hybridized carbons (Fsp3) is 0.588. The largest absolute Gasteiger partial charge is 0.444 e. The molecule has 1 aromatic rings. The minimum Gasteiger partial charge on any atom is -0.444 e. The number of hydrogen-bond donors (Lipinski definition) is 2. The third-order valence-corrected chi connectivity index (χ3v) is 5.10.